The first-order chi connectivity index (χ1) is 12.1. The standard InChI is InChI=1S/C18H11BrN2O2S2/c19-12-5-3-11(4-6-12)15(22)10-25-18-14(9-20)13(8-17(23)21-18)16-2-1-7-24-16/h1-8H,10H2,(H,21,23). The number of nitrogens with zero attached hydrogens (tertiary/aromatic N) is 1. The summed E-state index contributed by atoms with van der Waals surface area (Å²) in [5.41, 5.74) is 1.28. The summed E-state index contributed by atoms with van der Waals surface area (Å²) in [6, 6.07) is 14.4. The van der Waals surface area contributed by atoms with Crippen LogP contribution >= 0.6 is 39.0 Å². The normalized spacial score (nSPS) is 10.4. The average molecular weight is 431 g/mol. The second kappa shape index (κ2) is 7.83. The summed E-state index contributed by atoms with van der Waals surface area (Å²) < 4.78 is 0.899. The van der Waals surface area contributed by atoms with Gasteiger partial charge in [0.15, 0.2) is 5.78 Å². The van der Waals surface area contributed by atoms with Gasteiger partial charge in [-0.1, -0.05) is 45.9 Å². The van der Waals surface area contributed by atoms with Gasteiger partial charge in [0.25, 0.3) is 0 Å². The number of thiophene rings is 1. The van der Waals surface area contributed by atoms with Gasteiger partial charge >= 0.3 is 0 Å². The van der Waals surface area contributed by atoms with Gasteiger partial charge in [-0.05, 0) is 23.6 Å². The Kier molecular flexibility index (Phi) is 5.53. The lowest BCUT2D eigenvalue weighted by Gasteiger charge is -2.07. The zero-order valence-corrected chi connectivity index (χ0v) is 16.0. The molecule has 2 aromatic heterocycles. The van der Waals surface area contributed by atoms with Crippen molar-refractivity contribution < 1.29 is 4.79 Å². The molecule has 0 saturated heterocycles. The smallest absolute Gasteiger partial charge is 0.249 e. The van der Waals surface area contributed by atoms with Gasteiger partial charge in [0.05, 0.1) is 16.3 Å². The molecule has 124 valence electrons. The van der Waals surface area contributed by atoms with Gasteiger partial charge < -0.3 is 4.98 Å². The summed E-state index contributed by atoms with van der Waals surface area (Å²) in [5.74, 6) is 0.0731. The largest absolute Gasteiger partial charge is 0.316 e. The Morgan fingerprint density at radius 1 is 1.28 bits per heavy atom. The number of nitriles is 1. The third kappa shape index (κ3) is 4.10. The number of Topliss-reactive ketones (excluding diaryl/α,β-unsaturated/α-hetero) is 1. The summed E-state index contributed by atoms with van der Waals surface area (Å²) in [5, 5.41) is 11.8. The Morgan fingerprint density at radius 3 is 2.68 bits per heavy atom. The van der Waals surface area contributed by atoms with E-state index < -0.39 is 0 Å². The molecule has 1 aromatic carbocycles. The quantitative estimate of drug-likeness (QED) is 0.469. The van der Waals surface area contributed by atoms with Crippen LogP contribution in [-0.4, -0.2) is 16.5 Å². The number of halogens is 1. The van der Waals surface area contributed by atoms with E-state index in [-0.39, 0.29) is 17.1 Å². The van der Waals surface area contributed by atoms with E-state index in [1.54, 1.807) is 24.3 Å². The van der Waals surface area contributed by atoms with E-state index in [1.165, 1.54) is 29.2 Å². The molecular weight excluding hydrogens is 420 g/mol. The van der Waals surface area contributed by atoms with E-state index >= 15 is 0 Å². The lowest BCUT2D eigenvalue weighted by molar-refractivity contribution is 0.102. The summed E-state index contributed by atoms with van der Waals surface area (Å²) in [4.78, 5) is 27.8. The predicted molar refractivity (Wildman–Crippen MR) is 104 cm³/mol. The molecule has 7 heteroatoms. The van der Waals surface area contributed by atoms with E-state index in [0.717, 1.165) is 9.35 Å². The first-order valence-corrected chi connectivity index (χ1v) is 9.87. The molecule has 0 aliphatic heterocycles. The van der Waals surface area contributed by atoms with Crippen molar-refractivity contribution in [3.8, 4) is 16.5 Å². The lowest BCUT2D eigenvalue weighted by Crippen LogP contribution is -2.10. The van der Waals surface area contributed by atoms with E-state index in [0.29, 0.717) is 21.7 Å². The van der Waals surface area contributed by atoms with E-state index in [9.17, 15) is 14.9 Å². The zero-order valence-electron chi connectivity index (χ0n) is 12.8. The molecular formula is C18H11BrN2O2S2. The number of benzene rings is 1. The van der Waals surface area contributed by atoms with Crippen LogP contribution in [0.4, 0.5) is 0 Å². The van der Waals surface area contributed by atoms with E-state index in [1.807, 2.05) is 17.5 Å². The highest BCUT2D eigenvalue weighted by Gasteiger charge is 2.15. The van der Waals surface area contributed by atoms with Crippen LogP contribution in [0.3, 0.4) is 0 Å². The highest BCUT2D eigenvalue weighted by Crippen LogP contribution is 2.31. The number of H-pyrrole nitrogens is 1. The summed E-state index contributed by atoms with van der Waals surface area (Å²) in [6.07, 6.45) is 0. The van der Waals surface area contributed by atoms with Crippen LogP contribution < -0.4 is 5.56 Å². The van der Waals surface area contributed by atoms with Crippen LogP contribution in [0, 0.1) is 11.3 Å². The molecule has 0 atom stereocenters. The zero-order chi connectivity index (χ0) is 17.8. The number of aromatic amines is 1. The van der Waals surface area contributed by atoms with Crippen molar-refractivity contribution in [1.29, 1.82) is 5.26 Å². The monoisotopic (exact) mass is 430 g/mol. The van der Waals surface area contributed by atoms with Gasteiger partial charge in [0.2, 0.25) is 5.56 Å². The van der Waals surface area contributed by atoms with E-state index in [2.05, 4.69) is 27.0 Å². The highest BCUT2D eigenvalue weighted by atomic mass is 79.9. The Balaban J connectivity index is 1.88. The van der Waals surface area contributed by atoms with Crippen molar-refractivity contribution in [3.05, 3.63) is 73.8 Å². The van der Waals surface area contributed by atoms with Gasteiger partial charge in [0, 0.05) is 26.5 Å². The van der Waals surface area contributed by atoms with Crippen LogP contribution in [0.1, 0.15) is 15.9 Å². The van der Waals surface area contributed by atoms with Crippen LogP contribution in [0.2, 0.25) is 0 Å². The van der Waals surface area contributed by atoms with Gasteiger partial charge in [-0.25, -0.2) is 0 Å². The SMILES string of the molecule is N#Cc1c(-c2cccs2)cc(=O)[nH]c1SCC(=O)c1ccc(Br)cc1. The molecule has 0 amide bonds. The topological polar surface area (TPSA) is 73.7 Å². The summed E-state index contributed by atoms with van der Waals surface area (Å²) in [7, 11) is 0. The number of pyridine rings is 1. The van der Waals surface area contributed by atoms with Crippen molar-refractivity contribution in [1.82, 2.24) is 4.98 Å². The molecule has 0 bridgehead atoms. The van der Waals surface area contributed by atoms with Crippen LogP contribution in [0.15, 0.2) is 62.1 Å². The maximum absolute atomic E-state index is 12.3. The molecule has 0 spiro atoms. The number of carbonyl (C=O) groups excluding carboxylic acids is 1. The van der Waals surface area contributed by atoms with Crippen molar-refractivity contribution in [3.63, 3.8) is 0 Å². The fourth-order valence-corrected chi connectivity index (χ4v) is 4.17. The summed E-state index contributed by atoms with van der Waals surface area (Å²) >= 11 is 5.96. The Bertz CT molecular complexity index is 1000. The third-order valence-electron chi connectivity index (χ3n) is 3.42. The number of hydrogen-bond acceptors (Lipinski definition) is 5. The Morgan fingerprint density at radius 2 is 2.04 bits per heavy atom. The number of thioether (sulfide) groups is 1. The molecule has 3 rings (SSSR count). The second-order valence-corrected chi connectivity index (χ2v) is 7.91. The highest BCUT2D eigenvalue weighted by molar-refractivity contribution is 9.10. The van der Waals surface area contributed by atoms with Crippen LogP contribution in [0.5, 0.6) is 0 Å². The number of carbonyl (C=O) groups is 1. The minimum Gasteiger partial charge on any atom is -0.316 e. The molecule has 25 heavy (non-hydrogen) atoms. The fourth-order valence-electron chi connectivity index (χ4n) is 2.24. The average Bonchev–Trinajstić information content (AvgIpc) is 3.14. The Labute approximate surface area is 160 Å². The van der Waals surface area contributed by atoms with Gasteiger partial charge in [-0.15, -0.1) is 11.3 Å². The number of aromatic nitrogens is 1. The van der Waals surface area contributed by atoms with Gasteiger partial charge in [-0.3, -0.25) is 9.59 Å². The minimum absolute atomic E-state index is 0.0660. The van der Waals surface area contributed by atoms with Gasteiger partial charge in [0.1, 0.15) is 6.07 Å². The second-order valence-electron chi connectivity index (χ2n) is 5.06. The third-order valence-corrected chi connectivity index (χ3v) is 5.85. The Hall–Kier alpha value is -2.14. The molecule has 2 heterocycles. The molecule has 4 nitrogen and oxygen atoms in total. The molecule has 0 saturated carbocycles. The fraction of sp³-hybridized carbons (Fsp3) is 0.0556. The number of ketones is 1. The van der Waals surface area contributed by atoms with Gasteiger partial charge in [-0.2, -0.15) is 5.26 Å². The van der Waals surface area contributed by atoms with Crippen molar-refractivity contribution in [2.24, 2.45) is 0 Å². The molecule has 3 aromatic rings. The maximum atomic E-state index is 12.3. The lowest BCUT2D eigenvalue weighted by atomic mass is 10.1. The molecule has 0 aliphatic rings. The van der Waals surface area contributed by atoms with E-state index in [4.69, 9.17) is 0 Å². The van der Waals surface area contributed by atoms with Crippen molar-refractivity contribution >= 4 is 44.8 Å². The number of nitrogens with one attached hydrogen (secondary N) is 1. The molecule has 1 N–H and O–H groups in total. The van der Waals surface area contributed by atoms with Crippen LogP contribution in [-0.2, 0) is 0 Å². The number of rotatable bonds is 5. The molecule has 0 radical (unpaired) electrons. The van der Waals surface area contributed by atoms with Crippen molar-refractivity contribution in [2.75, 3.05) is 5.75 Å². The molecule has 0 aliphatic carbocycles. The first kappa shape index (κ1) is 17.7. The minimum atomic E-state index is -0.291. The maximum Gasteiger partial charge on any atom is 0.249 e. The predicted octanol–water partition coefficient (Wildman–Crippen LogP) is 4.71. The molecule has 0 unspecified atom stereocenters. The van der Waals surface area contributed by atoms with Crippen molar-refractivity contribution in [2.45, 2.75) is 5.03 Å². The molecule has 0 fully saturated rings. The van der Waals surface area contributed by atoms with Crippen LogP contribution in [0.25, 0.3) is 10.4 Å². The first-order valence-electron chi connectivity index (χ1n) is 7.21. The summed E-state index contributed by atoms with van der Waals surface area (Å²) in [6.45, 7) is 0. The number of hydrogen-bond donors (Lipinski definition) is 1.